The Bertz CT molecular complexity index is 584. The highest BCUT2D eigenvalue weighted by atomic mass is 16.4. The van der Waals surface area contributed by atoms with E-state index in [-0.39, 0.29) is 5.91 Å². The third-order valence-electron chi connectivity index (χ3n) is 9.09. The first-order chi connectivity index (χ1) is 20.8. The lowest BCUT2D eigenvalue weighted by atomic mass is 9.89. The molecule has 0 fully saturated rings. The molecule has 5 heteroatoms. The molecule has 5 nitrogen and oxygen atoms in total. The third-order valence-corrected chi connectivity index (χ3v) is 9.09. The van der Waals surface area contributed by atoms with Gasteiger partial charge in [0.1, 0.15) is 0 Å². The van der Waals surface area contributed by atoms with E-state index in [1.165, 1.54) is 167 Å². The minimum atomic E-state index is -0.781. The van der Waals surface area contributed by atoms with Gasteiger partial charge in [-0.15, -0.1) is 0 Å². The molecule has 0 saturated heterocycles. The van der Waals surface area contributed by atoms with Gasteiger partial charge >= 0.3 is 5.97 Å². The van der Waals surface area contributed by atoms with Gasteiger partial charge in [0, 0.05) is 6.42 Å². The molecule has 0 radical (unpaired) electrons. The molecule has 0 aromatic heterocycles. The minimum Gasteiger partial charge on any atom is -0.481 e. The van der Waals surface area contributed by atoms with E-state index in [9.17, 15) is 9.59 Å². The first-order valence-electron chi connectivity index (χ1n) is 19.1. The van der Waals surface area contributed by atoms with Crippen LogP contribution in [0.15, 0.2) is 0 Å². The molecule has 5 N–H and O–H groups in total. The quantitative estimate of drug-likeness (QED) is 0.0642. The number of rotatable bonds is 33. The maximum Gasteiger partial charge on any atom is 0.303 e. The topological polar surface area (TPSA) is 106 Å². The number of hydrogen-bond acceptors (Lipinski definition) is 3. The van der Waals surface area contributed by atoms with Crippen molar-refractivity contribution in [3.05, 3.63) is 0 Å². The largest absolute Gasteiger partial charge is 0.481 e. The molecule has 0 aliphatic carbocycles. The fraction of sp³-hybridized carbons (Fsp3) is 0.947. The van der Waals surface area contributed by atoms with Crippen LogP contribution in [0.25, 0.3) is 0 Å². The van der Waals surface area contributed by atoms with Crippen LogP contribution in [0.1, 0.15) is 226 Å². The molecule has 0 aromatic carbocycles. The smallest absolute Gasteiger partial charge is 0.303 e. The molecular formula is C38H78N2O3. The van der Waals surface area contributed by atoms with E-state index in [4.69, 9.17) is 16.6 Å². The van der Waals surface area contributed by atoms with E-state index in [1.807, 2.05) is 6.92 Å². The summed E-state index contributed by atoms with van der Waals surface area (Å²) in [5, 5.41) is 8.52. The molecule has 0 saturated carbocycles. The maximum absolute atomic E-state index is 11.3. The van der Waals surface area contributed by atoms with Gasteiger partial charge in [0.15, 0.2) is 0 Å². The maximum atomic E-state index is 11.3. The van der Waals surface area contributed by atoms with Crippen LogP contribution in [0.3, 0.4) is 0 Å². The summed E-state index contributed by atoms with van der Waals surface area (Å²) in [4.78, 5) is 21.6. The molecule has 0 aromatic rings. The number of unbranched alkanes of at least 4 members (excludes halogenated alkanes) is 27. The van der Waals surface area contributed by atoms with Crippen molar-refractivity contribution < 1.29 is 14.7 Å². The van der Waals surface area contributed by atoms with Crippen molar-refractivity contribution in [3.8, 4) is 0 Å². The van der Waals surface area contributed by atoms with Gasteiger partial charge < -0.3 is 16.6 Å². The van der Waals surface area contributed by atoms with Crippen LogP contribution >= 0.6 is 0 Å². The lowest BCUT2D eigenvalue weighted by Gasteiger charge is -2.23. The lowest BCUT2D eigenvalue weighted by Crippen LogP contribution is -2.51. The second-order valence-electron chi connectivity index (χ2n) is 13.3. The molecule has 0 aliphatic rings. The summed E-state index contributed by atoms with van der Waals surface area (Å²) in [5.74, 6) is -1.01. The summed E-state index contributed by atoms with van der Waals surface area (Å²) < 4.78 is 0. The number of primary amides is 1. The normalized spacial score (nSPS) is 12.5. The minimum absolute atomic E-state index is 0.345. The average molecular weight is 611 g/mol. The molecule has 0 spiro atoms. The second-order valence-corrected chi connectivity index (χ2v) is 13.3. The number of hydrogen-bond donors (Lipinski definition) is 3. The highest BCUT2D eigenvalue weighted by Gasteiger charge is 2.28. The van der Waals surface area contributed by atoms with Gasteiger partial charge in [0.05, 0.1) is 5.54 Å². The Morgan fingerprint density at radius 1 is 0.465 bits per heavy atom. The van der Waals surface area contributed by atoms with Gasteiger partial charge in [-0.3, -0.25) is 9.59 Å². The predicted molar refractivity (Wildman–Crippen MR) is 189 cm³/mol. The van der Waals surface area contributed by atoms with E-state index in [0.29, 0.717) is 12.8 Å². The molecule has 258 valence electrons. The van der Waals surface area contributed by atoms with Gasteiger partial charge in [0.2, 0.25) is 5.91 Å². The summed E-state index contributed by atoms with van der Waals surface area (Å²) >= 11 is 0. The SMILES string of the molecule is CCCCCCCCCCCCCCCCC(N)(CC)C(N)=O.CCCCCCCCCCCCCCCCCC(=O)O. The van der Waals surface area contributed by atoms with E-state index in [2.05, 4.69) is 13.8 Å². The lowest BCUT2D eigenvalue weighted by molar-refractivity contribution is -0.137. The van der Waals surface area contributed by atoms with Gasteiger partial charge in [0.25, 0.3) is 0 Å². The predicted octanol–water partition coefficient (Wildman–Crippen LogP) is 11.8. The van der Waals surface area contributed by atoms with E-state index >= 15 is 0 Å². The average Bonchev–Trinajstić information content (AvgIpc) is 2.99. The van der Waals surface area contributed by atoms with Crippen LogP contribution in [0.4, 0.5) is 0 Å². The van der Waals surface area contributed by atoms with E-state index in [1.54, 1.807) is 0 Å². The summed E-state index contributed by atoms with van der Waals surface area (Å²) in [6, 6.07) is 0. The zero-order valence-electron chi connectivity index (χ0n) is 29.5. The Morgan fingerprint density at radius 2 is 0.721 bits per heavy atom. The van der Waals surface area contributed by atoms with Crippen LogP contribution in [0.2, 0.25) is 0 Å². The fourth-order valence-corrected chi connectivity index (χ4v) is 5.76. The Kier molecular flexibility index (Phi) is 36.2. The Labute approximate surface area is 269 Å². The first kappa shape index (κ1) is 44.0. The molecule has 1 amide bonds. The zero-order chi connectivity index (χ0) is 32.3. The number of amides is 1. The molecule has 0 heterocycles. The van der Waals surface area contributed by atoms with Crippen molar-refractivity contribution in [2.75, 3.05) is 0 Å². The van der Waals surface area contributed by atoms with Crippen molar-refractivity contribution in [1.29, 1.82) is 0 Å². The van der Waals surface area contributed by atoms with Crippen LogP contribution in [-0.4, -0.2) is 22.5 Å². The van der Waals surface area contributed by atoms with Crippen molar-refractivity contribution in [2.45, 2.75) is 232 Å². The first-order valence-corrected chi connectivity index (χ1v) is 19.1. The molecule has 1 atom stereocenters. The number of carboxylic acid groups (broad SMARTS) is 1. The number of carbonyl (C=O) groups is 2. The number of carboxylic acids is 1. The summed E-state index contributed by atoms with van der Waals surface area (Å²) in [6.45, 7) is 6.48. The van der Waals surface area contributed by atoms with Crippen LogP contribution in [0.5, 0.6) is 0 Å². The summed E-state index contributed by atoms with van der Waals surface area (Å²) in [7, 11) is 0. The van der Waals surface area contributed by atoms with Gasteiger partial charge in [-0.05, 0) is 19.3 Å². The van der Waals surface area contributed by atoms with E-state index < -0.39 is 11.5 Å². The van der Waals surface area contributed by atoms with Crippen LogP contribution in [0, 0.1) is 0 Å². The summed E-state index contributed by atoms with van der Waals surface area (Å²) in [6.07, 6.45) is 40.3. The molecule has 43 heavy (non-hydrogen) atoms. The fourth-order valence-electron chi connectivity index (χ4n) is 5.76. The van der Waals surface area contributed by atoms with Crippen LogP contribution in [-0.2, 0) is 9.59 Å². The van der Waals surface area contributed by atoms with Gasteiger partial charge in [-0.1, -0.05) is 201 Å². The highest BCUT2D eigenvalue weighted by Crippen LogP contribution is 2.18. The highest BCUT2D eigenvalue weighted by molar-refractivity contribution is 5.84. The van der Waals surface area contributed by atoms with Crippen LogP contribution < -0.4 is 11.5 Å². The Balaban J connectivity index is 0. The summed E-state index contributed by atoms with van der Waals surface area (Å²) in [5.41, 5.74) is 10.6. The van der Waals surface area contributed by atoms with Crippen molar-refractivity contribution >= 4 is 11.9 Å². The number of aliphatic carboxylic acids is 1. The molecule has 0 bridgehead atoms. The standard InChI is InChI=1S/C20H42N2O.C18H36O2/c1-3-5-6-7-8-9-10-11-12-13-14-15-16-17-18-20(22,4-2)19(21)23;1-2-3-4-5-6-7-8-9-10-11-12-13-14-15-16-17-18(19)20/h3-18,22H2,1-2H3,(H2,21,23);2-17H2,1H3,(H,19,20). The number of nitrogens with two attached hydrogens (primary N) is 2. The van der Waals surface area contributed by atoms with Gasteiger partial charge in [-0.25, -0.2) is 0 Å². The van der Waals surface area contributed by atoms with Gasteiger partial charge in [-0.2, -0.15) is 0 Å². The Hall–Kier alpha value is -1.10. The van der Waals surface area contributed by atoms with Crippen molar-refractivity contribution in [1.82, 2.24) is 0 Å². The van der Waals surface area contributed by atoms with Crippen molar-refractivity contribution in [2.24, 2.45) is 11.5 Å². The Morgan fingerprint density at radius 3 is 0.953 bits per heavy atom. The molecular weight excluding hydrogens is 532 g/mol. The number of carbonyl (C=O) groups excluding carboxylic acids is 1. The second kappa shape index (κ2) is 35.4. The molecule has 0 aliphatic heterocycles. The van der Waals surface area contributed by atoms with Crippen molar-refractivity contribution in [3.63, 3.8) is 0 Å². The molecule has 1 unspecified atom stereocenters. The van der Waals surface area contributed by atoms with E-state index in [0.717, 1.165) is 25.7 Å². The molecule has 0 rings (SSSR count). The zero-order valence-corrected chi connectivity index (χ0v) is 29.5. The monoisotopic (exact) mass is 611 g/mol. The third kappa shape index (κ3) is 35.3.